The van der Waals surface area contributed by atoms with E-state index in [0.717, 1.165) is 5.56 Å². The SMILES string of the molecule is CCC(C)C(NC(=O)C(NC(=O)C(CC(C)C)NC(=O)C(N)Cc1ccc(O)cc1)C(C)CC)C(=O)O. The molecule has 0 aliphatic heterocycles. The summed E-state index contributed by atoms with van der Waals surface area (Å²) < 4.78 is 0. The van der Waals surface area contributed by atoms with Crippen LogP contribution in [-0.2, 0) is 25.6 Å². The highest BCUT2D eigenvalue weighted by atomic mass is 16.4. The standard InChI is InChI=1S/C27H44N4O6/c1-7-16(5)22(26(35)31-23(27(36)37)17(6)8-2)30-25(34)21(13-15(3)4)29-24(33)20(28)14-18-9-11-19(32)12-10-18/h9-12,15-17,20-23,32H,7-8,13-14,28H2,1-6H3,(H,29,33)(H,30,34)(H,31,35)(H,36,37). The van der Waals surface area contributed by atoms with Gasteiger partial charge in [-0.25, -0.2) is 4.79 Å². The van der Waals surface area contributed by atoms with Crippen molar-refractivity contribution >= 4 is 23.7 Å². The molecular weight excluding hydrogens is 476 g/mol. The zero-order valence-corrected chi connectivity index (χ0v) is 22.8. The van der Waals surface area contributed by atoms with E-state index < -0.39 is 47.9 Å². The number of aromatic hydroxyl groups is 1. The summed E-state index contributed by atoms with van der Waals surface area (Å²) in [5, 5.41) is 27.0. The first-order valence-electron chi connectivity index (χ1n) is 13.0. The first kappa shape index (κ1) is 31.9. The fourth-order valence-corrected chi connectivity index (χ4v) is 3.84. The third-order valence-electron chi connectivity index (χ3n) is 6.64. The smallest absolute Gasteiger partial charge is 0.326 e. The van der Waals surface area contributed by atoms with Crippen molar-refractivity contribution < 1.29 is 29.4 Å². The van der Waals surface area contributed by atoms with Crippen molar-refractivity contribution in [3.8, 4) is 5.75 Å². The second kappa shape index (κ2) is 15.2. The lowest BCUT2D eigenvalue weighted by Gasteiger charge is -2.29. The van der Waals surface area contributed by atoms with E-state index in [4.69, 9.17) is 5.73 Å². The normalized spacial score (nSPS) is 16.1. The molecule has 0 heterocycles. The van der Waals surface area contributed by atoms with Gasteiger partial charge in [-0.3, -0.25) is 14.4 Å². The predicted molar refractivity (Wildman–Crippen MR) is 142 cm³/mol. The van der Waals surface area contributed by atoms with Crippen molar-refractivity contribution in [3.63, 3.8) is 0 Å². The number of carboxylic acids is 1. The third-order valence-corrected chi connectivity index (χ3v) is 6.64. The van der Waals surface area contributed by atoms with E-state index in [1.54, 1.807) is 26.0 Å². The van der Waals surface area contributed by atoms with E-state index in [2.05, 4.69) is 16.0 Å². The maximum absolute atomic E-state index is 13.3. The van der Waals surface area contributed by atoms with Crippen molar-refractivity contribution in [2.24, 2.45) is 23.5 Å². The molecule has 1 aromatic rings. The quantitative estimate of drug-likeness (QED) is 0.205. The molecule has 1 rings (SSSR count). The van der Waals surface area contributed by atoms with Crippen LogP contribution in [0.2, 0.25) is 0 Å². The molecule has 7 N–H and O–H groups in total. The highest BCUT2D eigenvalue weighted by Gasteiger charge is 2.34. The summed E-state index contributed by atoms with van der Waals surface area (Å²) in [6.07, 6.45) is 1.66. The molecule has 0 aliphatic carbocycles. The molecule has 0 saturated carbocycles. The van der Waals surface area contributed by atoms with Gasteiger partial charge >= 0.3 is 5.97 Å². The zero-order chi connectivity index (χ0) is 28.3. The van der Waals surface area contributed by atoms with Crippen molar-refractivity contribution in [2.75, 3.05) is 0 Å². The molecule has 0 aromatic heterocycles. The molecule has 0 spiro atoms. The van der Waals surface area contributed by atoms with E-state index in [1.165, 1.54) is 12.1 Å². The van der Waals surface area contributed by atoms with Crippen LogP contribution in [0.3, 0.4) is 0 Å². The number of hydrogen-bond donors (Lipinski definition) is 6. The summed E-state index contributed by atoms with van der Waals surface area (Å²) in [5.74, 6) is -3.16. The molecule has 0 radical (unpaired) electrons. The second-order valence-electron chi connectivity index (χ2n) is 10.2. The largest absolute Gasteiger partial charge is 0.508 e. The van der Waals surface area contributed by atoms with Gasteiger partial charge in [0.1, 0.15) is 23.9 Å². The van der Waals surface area contributed by atoms with E-state index >= 15 is 0 Å². The number of nitrogens with one attached hydrogen (secondary N) is 3. The van der Waals surface area contributed by atoms with Gasteiger partial charge in [0.25, 0.3) is 0 Å². The molecule has 37 heavy (non-hydrogen) atoms. The molecule has 208 valence electrons. The van der Waals surface area contributed by atoms with E-state index in [0.29, 0.717) is 19.3 Å². The number of amides is 3. The summed E-state index contributed by atoms with van der Waals surface area (Å²) in [6, 6.07) is 2.44. The molecule has 0 saturated heterocycles. The number of hydrogen-bond acceptors (Lipinski definition) is 6. The van der Waals surface area contributed by atoms with Crippen LogP contribution < -0.4 is 21.7 Å². The minimum atomic E-state index is -1.13. The molecule has 10 nitrogen and oxygen atoms in total. The maximum Gasteiger partial charge on any atom is 0.326 e. The summed E-state index contributed by atoms with van der Waals surface area (Å²) in [5.41, 5.74) is 6.84. The number of aliphatic carboxylic acids is 1. The van der Waals surface area contributed by atoms with Gasteiger partial charge in [-0.15, -0.1) is 0 Å². The number of nitrogens with two attached hydrogens (primary N) is 1. The van der Waals surface area contributed by atoms with Crippen molar-refractivity contribution in [2.45, 2.75) is 91.4 Å². The molecule has 6 unspecified atom stereocenters. The first-order valence-corrected chi connectivity index (χ1v) is 13.0. The molecule has 6 atom stereocenters. The number of phenols is 1. The molecule has 10 heteroatoms. The summed E-state index contributed by atoms with van der Waals surface area (Å²) in [7, 11) is 0. The van der Waals surface area contributed by atoms with Crippen LogP contribution in [0.4, 0.5) is 0 Å². The fraction of sp³-hybridized carbons (Fsp3) is 0.630. The lowest BCUT2D eigenvalue weighted by Crippen LogP contribution is -2.59. The first-order chi connectivity index (χ1) is 17.3. The van der Waals surface area contributed by atoms with Crippen molar-refractivity contribution in [3.05, 3.63) is 29.8 Å². The van der Waals surface area contributed by atoms with Gasteiger partial charge in [-0.2, -0.15) is 0 Å². The lowest BCUT2D eigenvalue weighted by molar-refractivity contribution is -0.144. The minimum absolute atomic E-state index is 0.0574. The molecule has 3 amide bonds. The number of carboxylic acid groups (broad SMARTS) is 1. The highest BCUT2D eigenvalue weighted by molar-refractivity contribution is 5.94. The molecule has 0 aliphatic rings. The van der Waals surface area contributed by atoms with Crippen LogP contribution in [-0.4, -0.2) is 58.1 Å². The number of benzene rings is 1. The van der Waals surface area contributed by atoms with E-state index in [1.807, 2.05) is 27.7 Å². The fourth-order valence-electron chi connectivity index (χ4n) is 3.84. The van der Waals surface area contributed by atoms with Crippen LogP contribution in [0.5, 0.6) is 5.75 Å². The Hall–Kier alpha value is -3.14. The van der Waals surface area contributed by atoms with Crippen molar-refractivity contribution in [1.29, 1.82) is 0 Å². The number of carbonyl (C=O) groups excluding carboxylic acids is 3. The summed E-state index contributed by atoms with van der Waals surface area (Å²) in [6.45, 7) is 11.1. The van der Waals surface area contributed by atoms with Crippen LogP contribution in [0.15, 0.2) is 24.3 Å². The van der Waals surface area contributed by atoms with Crippen LogP contribution in [0.1, 0.15) is 66.4 Å². The molecule has 0 bridgehead atoms. The average molecular weight is 521 g/mol. The Balaban J connectivity index is 3.01. The Labute approximate surface area is 219 Å². The number of phenolic OH excluding ortho intramolecular Hbond substituents is 1. The van der Waals surface area contributed by atoms with Gasteiger partial charge in [0.05, 0.1) is 6.04 Å². The Morgan fingerprint density at radius 2 is 1.32 bits per heavy atom. The molecule has 0 fully saturated rings. The van der Waals surface area contributed by atoms with Crippen LogP contribution in [0, 0.1) is 17.8 Å². The highest BCUT2D eigenvalue weighted by Crippen LogP contribution is 2.14. The Bertz CT molecular complexity index is 905. The zero-order valence-electron chi connectivity index (χ0n) is 22.8. The van der Waals surface area contributed by atoms with Gasteiger partial charge in [-0.1, -0.05) is 66.5 Å². The van der Waals surface area contributed by atoms with Gasteiger partial charge in [-0.05, 0) is 48.3 Å². The Morgan fingerprint density at radius 3 is 1.81 bits per heavy atom. The average Bonchev–Trinajstić information content (AvgIpc) is 2.84. The summed E-state index contributed by atoms with van der Waals surface area (Å²) >= 11 is 0. The predicted octanol–water partition coefficient (Wildman–Crippen LogP) is 1.94. The van der Waals surface area contributed by atoms with Crippen molar-refractivity contribution in [1.82, 2.24) is 16.0 Å². The van der Waals surface area contributed by atoms with Crippen LogP contribution >= 0.6 is 0 Å². The monoisotopic (exact) mass is 520 g/mol. The van der Waals surface area contributed by atoms with Gasteiger partial charge in [0.15, 0.2) is 0 Å². The molecular formula is C27H44N4O6. The van der Waals surface area contributed by atoms with E-state index in [-0.39, 0.29) is 29.9 Å². The second-order valence-corrected chi connectivity index (χ2v) is 10.2. The topological polar surface area (TPSA) is 171 Å². The minimum Gasteiger partial charge on any atom is -0.508 e. The van der Waals surface area contributed by atoms with E-state index in [9.17, 15) is 29.4 Å². The number of carbonyl (C=O) groups is 4. The van der Waals surface area contributed by atoms with Gasteiger partial charge < -0.3 is 31.9 Å². The van der Waals surface area contributed by atoms with Gasteiger partial charge in [0.2, 0.25) is 17.7 Å². The third kappa shape index (κ3) is 10.4. The van der Waals surface area contributed by atoms with Crippen LogP contribution in [0.25, 0.3) is 0 Å². The van der Waals surface area contributed by atoms with Gasteiger partial charge in [0, 0.05) is 0 Å². The Kier molecular flexibility index (Phi) is 13.1. The summed E-state index contributed by atoms with van der Waals surface area (Å²) in [4.78, 5) is 50.9. The lowest BCUT2D eigenvalue weighted by atomic mass is 9.94. The Morgan fingerprint density at radius 1 is 0.811 bits per heavy atom. The maximum atomic E-state index is 13.3. The number of rotatable bonds is 15. The molecule has 1 aromatic carbocycles.